The van der Waals surface area contributed by atoms with Crippen molar-refractivity contribution >= 4 is 8.32 Å². The second-order valence-corrected chi connectivity index (χ2v) is 11.4. The largest absolute Gasteiger partial charge is 0.409 e. The Labute approximate surface area is 105 Å². The third-order valence-corrected chi connectivity index (χ3v) is 8.72. The third kappa shape index (κ3) is 2.36. The number of hydrogen-bond acceptors (Lipinski definition) is 3. The highest BCUT2D eigenvalue weighted by molar-refractivity contribution is 6.74. The zero-order valence-corrected chi connectivity index (χ0v) is 12.6. The van der Waals surface area contributed by atoms with E-state index in [2.05, 4.69) is 40.4 Å². The molecule has 4 heteroatoms. The Morgan fingerprint density at radius 3 is 2.53 bits per heavy atom. The summed E-state index contributed by atoms with van der Waals surface area (Å²) in [6, 6.07) is 0. The van der Waals surface area contributed by atoms with Crippen LogP contribution in [0, 0.1) is 0 Å². The van der Waals surface area contributed by atoms with Gasteiger partial charge in [-0.05, 0) is 23.7 Å². The van der Waals surface area contributed by atoms with Crippen molar-refractivity contribution in [3.63, 3.8) is 0 Å². The van der Waals surface area contributed by atoms with E-state index in [1.165, 1.54) is 0 Å². The van der Waals surface area contributed by atoms with Gasteiger partial charge in [-0.1, -0.05) is 27.4 Å². The molecule has 0 bridgehead atoms. The van der Waals surface area contributed by atoms with Crippen molar-refractivity contribution in [3.05, 3.63) is 12.2 Å². The predicted octanol–water partition coefficient (Wildman–Crippen LogP) is 2.73. The van der Waals surface area contributed by atoms with Gasteiger partial charge in [-0.25, -0.2) is 0 Å². The number of rotatable bonds is 2. The summed E-state index contributed by atoms with van der Waals surface area (Å²) >= 11 is 0. The Bertz CT molecular complexity index is 319. The van der Waals surface area contributed by atoms with Gasteiger partial charge in [0.05, 0.1) is 19.3 Å². The molecule has 2 rings (SSSR count). The van der Waals surface area contributed by atoms with Crippen LogP contribution in [0.15, 0.2) is 12.2 Å². The molecule has 0 amide bonds. The van der Waals surface area contributed by atoms with Gasteiger partial charge in [-0.15, -0.1) is 0 Å². The molecule has 2 heterocycles. The summed E-state index contributed by atoms with van der Waals surface area (Å²) in [5.41, 5.74) is 1.05. The van der Waals surface area contributed by atoms with E-state index in [0.717, 1.165) is 5.57 Å². The molecular weight excluding hydrogens is 232 g/mol. The number of fused-ring (bicyclic) bond motifs is 1. The van der Waals surface area contributed by atoms with E-state index in [4.69, 9.17) is 13.9 Å². The molecule has 98 valence electrons. The highest BCUT2D eigenvalue weighted by Gasteiger charge is 2.48. The molecule has 3 unspecified atom stereocenters. The molecule has 0 aliphatic carbocycles. The van der Waals surface area contributed by atoms with Crippen LogP contribution in [0.1, 0.15) is 20.8 Å². The van der Waals surface area contributed by atoms with Crippen LogP contribution >= 0.6 is 0 Å². The van der Waals surface area contributed by atoms with Crippen molar-refractivity contribution in [3.8, 4) is 0 Å². The standard InChI is InChI=1S/C13H24O3Si/c1-9-7-14-12-10(8-15-11(9)12)16-17(5,6)13(2,3)4/h10-12H,1,7-8H2,2-6H3. The Kier molecular flexibility index (Phi) is 3.27. The lowest BCUT2D eigenvalue weighted by atomic mass is 10.1. The number of ether oxygens (including phenoxy) is 2. The molecule has 0 aromatic carbocycles. The maximum atomic E-state index is 6.37. The Hall–Kier alpha value is -0.163. The van der Waals surface area contributed by atoms with Gasteiger partial charge in [0.25, 0.3) is 0 Å². The Morgan fingerprint density at radius 2 is 1.94 bits per heavy atom. The molecule has 2 saturated heterocycles. The molecule has 3 nitrogen and oxygen atoms in total. The van der Waals surface area contributed by atoms with Crippen LogP contribution in [0.25, 0.3) is 0 Å². The maximum absolute atomic E-state index is 6.37. The minimum absolute atomic E-state index is 0.0600. The fraction of sp³-hybridized carbons (Fsp3) is 0.846. The second kappa shape index (κ2) is 4.19. The normalized spacial score (nSPS) is 34.2. The predicted molar refractivity (Wildman–Crippen MR) is 70.7 cm³/mol. The summed E-state index contributed by atoms with van der Waals surface area (Å²) in [6.07, 6.45) is 0.210. The van der Waals surface area contributed by atoms with Crippen LogP contribution in [0.4, 0.5) is 0 Å². The minimum atomic E-state index is -1.74. The summed E-state index contributed by atoms with van der Waals surface area (Å²) in [5, 5.41) is 0.223. The van der Waals surface area contributed by atoms with E-state index in [1.54, 1.807) is 0 Å². The fourth-order valence-corrected chi connectivity index (χ4v) is 3.38. The van der Waals surface area contributed by atoms with Crippen LogP contribution in [0.2, 0.25) is 18.1 Å². The zero-order chi connectivity index (χ0) is 12.8. The smallest absolute Gasteiger partial charge is 0.192 e. The second-order valence-electron chi connectivity index (χ2n) is 6.60. The van der Waals surface area contributed by atoms with Gasteiger partial charge in [-0.3, -0.25) is 0 Å². The third-order valence-electron chi connectivity index (χ3n) is 4.22. The zero-order valence-electron chi connectivity index (χ0n) is 11.6. The summed E-state index contributed by atoms with van der Waals surface area (Å²) in [5.74, 6) is 0. The van der Waals surface area contributed by atoms with E-state index in [1.807, 2.05) is 0 Å². The van der Waals surface area contributed by atoms with Gasteiger partial charge < -0.3 is 13.9 Å². The highest BCUT2D eigenvalue weighted by Crippen LogP contribution is 2.40. The average Bonchev–Trinajstić information content (AvgIpc) is 2.70. The van der Waals surface area contributed by atoms with E-state index < -0.39 is 8.32 Å². The van der Waals surface area contributed by atoms with Gasteiger partial charge in [-0.2, -0.15) is 0 Å². The first-order chi connectivity index (χ1) is 7.72. The summed E-state index contributed by atoms with van der Waals surface area (Å²) in [7, 11) is -1.74. The van der Waals surface area contributed by atoms with E-state index >= 15 is 0 Å². The molecule has 2 aliphatic heterocycles. The first kappa shape index (κ1) is 13.3. The maximum Gasteiger partial charge on any atom is 0.192 e. The highest BCUT2D eigenvalue weighted by atomic mass is 28.4. The number of hydrogen-bond donors (Lipinski definition) is 0. The fourth-order valence-electron chi connectivity index (χ4n) is 2.07. The topological polar surface area (TPSA) is 27.7 Å². The molecule has 2 aliphatic rings. The molecule has 0 aromatic heterocycles. The van der Waals surface area contributed by atoms with Gasteiger partial charge in [0.15, 0.2) is 8.32 Å². The summed E-state index contributed by atoms with van der Waals surface area (Å²) in [6.45, 7) is 16.5. The molecule has 0 aromatic rings. The lowest BCUT2D eigenvalue weighted by molar-refractivity contribution is 0.0251. The van der Waals surface area contributed by atoms with Gasteiger partial charge >= 0.3 is 0 Å². The van der Waals surface area contributed by atoms with Crippen molar-refractivity contribution in [1.29, 1.82) is 0 Å². The van der Waals surface area contributed by atoms with Crippen molar-refractivity contribution < 1.29 is 13.9 Å². The Morgan fingerprint density at radius 1 is 1.29 bits per heavy atom. The average molecular weight is 256 g/mol. The minimum Gasteiger partial charge on any atom is -0.409 e. The first-order valence-corrected chi connectivity index (χ1v) is 9.22. The van der Waals surface area contributed by atoms with Crippen molar-refractivity contribution in [1.82, 2.24) is 0 Å². The Balaban J connectivity index is 2.04. The SMILES string of the molecule is C=C1COC2C(O[Si](C)(C)C(C)(C)C)COC12. The van der Waals surface area contributed by atoms with Gasteiger partial charge in [0.1, 0.15) is 12.2 Å². The van der Waals surface area contributed by atoms with Crippen LogP contribution < -0.4 is 0 Å². The monoisotopic (exact) mass is 256 g/mol. The van der Waals surface area contributed by atoms with Crippen LogP contribution in [-0.2, 0) is 13.9 Å². The molecular formula is C13H24O3Si. The molecule has 3 atom stereocenters. The van der Waals surface area contributed by atoms with Gasteiger partial charge in [0.2, 0.25) is 0 Å². The van der Waals surface area contributed by atoms with Crippen LogP contribution in [0.5, 0.6) is 0 Å². The molecule has 17 heavy (non-hydrogen) atoms. The summed E-state index contributed by atoms with van der Waals surface area (Å²) < 4.78 is 17.8. The molecule has 0 spiro atoms. The quantitative estimate of drug-likeness (QED) is 0.561. The van der Waals surface area contributed by atoms with Crippen molar-refractivity contribution in [2.75, 3.05) is 13.2 Å². The van der Waals surface area contributed by atoms with Gasteiger partial charge in [0, 0.05) is 0 Å². The molecule has 0 saturated carbocycles. The lowest BCUT2D eigenvalue weighted by Gasteiger charge is -2.39. The van der Waals surface area contributed by atoms with E-state index in [0.29, 0.717) is 13.2 Å². The lowest BCUT2D eigenvalue weighted by Crippen LogP contribution is -2.47. The first-order valence-electron chi connectivity index (χ1n) is 6.31. The molecule has 0 radical (unpaired) electrons. The molecule has 2 fully saturated rings. The van der Waals surface area contributed by atoms with E-state index in [-0.39, 0.29) is 23.4 Å². The van der Waals surface area contributed by atoms with Crippen LogP contribution in [-0.4, -0.2) is 39.8 Å². The van der Waals surface area contributed by atoms with E-state index in [9.17, 15) is 0 Å². The summed E-state index contributed by atoms with van der Waals surface area (Å²) in [4.78, 5) is 0. The molecule has 0 N–H and O–H groups in total. The van der Waals surface area contributed by atoms with Crippen LogP contribution in [0.3, 0.4) is 0 Å². The van der Waals surface area contributed by atoms with Crippen molar-refractivity contribution in [2.45, 2.75) is 57.2 Å². The van der Waals surface area contributed by atoms with Crippen molar-refractivity contribution in [2.24, 2.45) is 0 Å².